The Morgan fingerprint density at radius 3 is 3.00 bits per heavy atom. The first-order chi connectivity index (χ1) is 8.81. The molecule has 0 saturated heterocycles. The molecule has 0 aliphatic rings. The van der Waals surface area contributed by atoms with Crippen molar-refractivity contribution in [1.29, 1.82) is 0 Å². The van der Waals surface area contributed by atoms with E-state index in [0.717, 1.165) is 28.0 Å². The summed E-state index contributed by atoms with van der Waals surface area (Å²) in [5.41, 5.74) is 2.12. The fraction of sp³-hybridized carbons (Fsp3) is 0.0769. The fourth-order valence-corrected chi connectivity index (χ4v) is 2.53. The molecule has 18 heavy (non-hydrogen) atoms. The van der Waals surface area contributed by atoms with Crippen LogP contribution in [0.25, 0.3) is 21.7 Å². The highest BCUT2D eigenvalue weighted by molar-refractivity contribution is 7.13. The molecule has 0 radical (unpaired) electrons. The number of rotatable bonds is 3. The molecule has 5 heteroatoms. The van der Waals surface area contributed by atoms with Crippen LogP contribution in [0.1, 0.15) is 10.4 Å². The van der Waals surface area contributed by atoms with Gasteiger partial charge in [0, 0.05) is 5.56 Å². The lowest BCUT2D eigenvalue weighted by atomic mass is 10.2. The fourth-order valence-electron chi connectivity index (χ4n) is 1.86. The summed E-state index contributed by atoms with van der Waals surface area (Å²) >= 11 is 1.61. The van der Waals surface area contributed by atoms with Crippen molar-refractivity contribution in [2.75, 3.05) is 7.11 Å². The van der Waals surface area contributed by atoms with Crippen molar-refractivity contribution in [2.24, 2.45) is 0 Å². The highest BCUT2D eigenvalue weighted by Gasteiger charge is 2.11. The van der Waals surface area contributed by atoms with Crippen LogP contribution < -0.4 is 4.74 Å². The van der Waals surface area contributed by atoms with Crippen LogP contribution in [0.4, 0.5) is 0 Å². The lowest BCUT2D eigenvalue weighted by Crippen LogP contribution is -1.87. The molecule has 0 amide bonds. The Balaban J connectivity index is 2.25. The molecule has 0 aliphatic heterocycles. The van der Waals surface area contributed by atoms with E-state index in [4.69, 9.17) is 4.74 Å². The molecule has 0 aliphatic carbocycles. The summed E-state index contributed by atoms with van der Waals surface area (Å²) in [7, 11) is 1.57. The maximum Gasteiger partial charge on any atom is 0.150 e. The number of carbonyl (C=O) groups is 1. The van der Waals surface area contributed by atoms with Crippen molar-refractivity contribution in [3.63, 3.8) is 0 Å². The number of thiophene rings is 1. The van der Waals surface area contributed by atoms with Gasteiger partial charge in [-0.15, -0.1) is 11.3 Å². The number of aromatic amines is 1. The predicted molar refractivity (Wildman–Crippen MR) is 71.3 cm³/mol. The van der Waals surface area contributed by atoms with Gasteiger partial charge in [-0.1, -0.05) is 6.07 Å². The van der Waals surface area contributed by atoms with Crippen LogP contribution in [0.2, 0.25) is 0 Å². The quantitative estimate of drug-likeness (QED) is 0.734. The molecule has 0 bridgehead atoms. The van der Waals surface area contributed by atoms with Gasteiger partial charge in [0.15, 0.2) is 0 Å². The Morgan fingerprint density at radius 2 is 2.33 bits per heavy atom. The van der Waals surface area contributed by atoms with Crippen molar-refractivity contribution >= 4 is 28.7 Å². The normalized spacial score (nSPS) is 10.7. The maximum atomic E-state index is 10.9. The Hall–Kier alpha value is -2.14. The monoisotopic (exact) mass is 258 g/mol. The molecular formula is C13H10N2O2S. The molecule has 1 N–H and O–H groups in total. The number of carbonyl (C=O) groups excluding carboxylic acids is 1. The molecule has 4 nitrogen and oxygen atoms in total. The van der Waals surface area contributed by atoms with Gasteiger partial charge in [0.1, 0.15) is 23.4 Å². The predicted octanol–water partition coefficient (Wildman–Crippen LogP) is 3.11. The molecule has 0 unspecified atom stereocenters. The van der Waals surface area contributed by atoms with Gasteiger partial charge in [0.05, 0.1) is 17.5 Å². The summed E-state index contributed by atoms with van der Waals surface area (Å²) in [6, 6.07) is 7.43. The third-order valence-electron chi connectivity index (χ3n) is 2.68. The Labute approximate surface area is 107 Å². The third kappa shape index (κ3) is 1.69. The van der Waals surface area contributed by atoms with E-state index in [9.17, 15) is 4.79 Å². The first-order valence-corrected chi connectivity index (χ1v) is 6.26. The minimum absolute atomic E-state index is 0.570. The van der Waals surface area contributed by atoms with E-state index in [0.29, 0.717) is 11.3 Å². The van der Waals surface area contributed by atoms with Crippen LogP contribution in [0.15, 0.2) is 29.6 Å². The zero-order chi connectivity index (χ0) is 12.5. The number of fused-ring (bicyclic) bond motifs is 1. The minimum atomic E-state index is 0.570. The highest BCUT2D eigenvalue weighted by Crippen LogP contribution is 2.30. The van der Waals surface area contributed by atoms with Crippen LogP contribution in [0, 0.1) is 0 Å². The standard InChI is InChI=1S/C13H10N2O2S/c1-17-10-6-8(7-16)5-9-12(10)15-13(14-9)11-3-2-4-18-11/h2-7H,1H3,(H,14,15). The first-order valence-electron chi connectivity index (χ1n) is 5.38. The number of imidazole rings is 1. The Bertz CT molecular complexity index is 701. The van der Waals surface area contributed by atoms with Crippen LogP contribution in [-0.2, 0) is 0 Å². The van der Waals surface area contributed by atoms with E-state index in [-0.39, 0.29) is 0 Å². The first kappa shape index (κ1) is 11.0. The largest absolute Gasteiger partial charge is 0.494 e. The van der Waals surface area contributed by atoms with Gasteiger partial charge in [-0.3, -0.25) is 4.79 Å². The second-order valence-corrected chi connectivity index (χ2v) is 4.75. The number of ether oxygens (including phenoxy) is 1. The SMILES string of the molecule is COc1cc(C=O)cc2[nH]c(-c3cccs3)nc12. The average Bonchev–Trinajstić information content (AvgIpc) is 3.05. The molecule has 3 aromatic rings. The van der Waals surface area contributed by atoms with Gasteiger partial charge >= 0.3 is 0 Å². The molecule has 3 rings (SSSR count). The van der Waals surface area contributed by atoms with Gasteiger partial charge in [-0.25, -0.2) is 4.98 Å². The third-order valence-corrected chi connectivity index (χ3v) is 3.56. The number of nitrogens with one attached hydrogen (secondary N) is 1. The minimum Gasteiger partial charge on any atom is -0.494 e. The van der Waals surface area contributed by atoms with Crippen molar-refractivity contribution in [1.82, 2.24) is 9.97 Å². The van der Waals surface area contributed by atoms with E-state index < -0.39 is 0 Å². The molecule has 0 saturated carbocycles. The summed E-state index contributed by atoms with van der Waals surface area (Å²) in [5, 5.41) is 2.00. The number of aromatic nitrogens is 2. The summed E-state index contributed by atoms with van der Waals surface area (Å²) in [6.45, 7) is 0. The van der Waals surface area contributed by atoms with Crippen molar-refractivity contribution < 1.29 is 9.53 Å². The number of aldehydes is 1. The summed E-state index contributed by atoms with van der Waals surface area (Å²) in [5.74, 6) is 1.40. The molecule has 90 valence electrons. The van der Waals surface area contributed by atoms with Crippen molar-refractivity contribution in [3.8, 4) is 16.5 Å². The van der Waals surface area contributed by atoms with Crippen LogP contribution in [0.3, 0.4) is 0 Å². The molecule has 2 heterocycles. The highest BCUT2D eigenvalue weighted by atomic mass is 32.1. The topological polar surface area (TPSA) is 55.0 Å². The average molecular weight is 258 g/mol. The van der Waals surface area contributed by atoms with Gasteiger partial charge in [0.2, 0.25) is 0 Å². The molecular weight excluding hydrogens is 248 g/mol. The van der Waals surface area contributed by atoms with Crippen LogP contribution in [-0.4, -0.2) is 23.4 Å². The van der Waals surface area contributed by atoms with E-state index >= 15 is 0 Å². The second-order valence-electron chi connectivity index (χ2n) is 3.80. The smallest absolute Gasteiger partial charge is 0.150 e. The van der Waals surface area contributed by atoms with Gasteiger partial charge in [0.25, 0.3) is 0 Å². The van der Waals surface area contributed by atoms with E-state index in [2.05, 4.69) is 9.97 Å². The molecule has 0 fully saturated rings. The number of hydrogen-bond donors (Lipinski definition) is 1. The van der Waals surface area contributed by atoms with E-state index in [1.807, 2.05) is 17.5 Å². The number of H-pyrrole nitrogens is 1. The molecule has 2 aromatic heterocycles. The van der Waals surface area contributed by atoms with Crippen LogP contribution in [0.5, 0.6) is 5.75 Å². The van der Waals surface area contributed by atoms with Gasteiger partial charge in [-0.2, -0.15) is 0 Å². The number of benzene rings is 1. The summed E-state index contributed by atoms with van der Waals surface area (Å²) in [6.07, 6.45) is 0.799. The number of methoxy groups -OCH3 is 1. The molecule has 0 spiro atoms. The van der Waals surface area contributed by atoms with Crippen molar-refractivity contribution in [3.05, 3.63) is 35.2 Å². The van der Waals surface area contributed by atoms with Crippen LogP contribution >= 0.6 is 11.3 Å². The molecule has 0 atom stereocenters. The Kier molecular flexibility index (Phi) is 2.60. The second kappa shape index (κ2) is 4.27. The van der Waals surface area contributed by atoms with Crippen molar-refractivity contribution in [2.45, 2.75) is 0 Å². The summed E-state index contributed by atoms with van der Waals surface area (Å²) < 4.78 is 5.26. The van der Waals surface area contributed by atoms with Gasteiger partial charge < -0.3 is 9.72 Å². The summed E-state index contributed by atoms with van der Waals surface area (Å²) in [4.78, 5) is 19.6. The number of nitrogens with zero attached hydrogens (tertiary/aromatic N) is 1. The zero-order valence-corrected chi connectivity index (χ0v) is 10.5. The van der Waals surface area contributed by atoms with E-state index in [1.165, 1.54) is 0 Å². The zero-order valence-electron chi connectivity index (χ0n) is 9.64. The molecule has 1 aromatic carbocycles. The lowest BCUT2D eigenvalue weighted by molar-refractivity contribution is 0.112. The van der Waals surface area contributed by atoms with E-state index in [1.54, 1.807) is 30.6 Å². The lowest BCUT2D eigenvalue weighted by Gasteiger charge is -2.00. The Morgan fingerprint density at radius 1 is 1.44 bits per heavy atom. The number of hydrogen-bond acceptors (Lipinski definition) is 4. The maximum absolute atomic E-state index is 10.9. The van der Waals surface area contributed by atoms with Gasteiger partial charge in [-0.05, 0) is 23.6 Å².